The standard InChI is InChI=1S/C14H20BrN3O3/c1-13(2,12(20)21)14(3,4)17-8-11(19)18-10-6-5-9(15)7-16-10/h5-7,17H,8H2,1-4H3,(H,20,21)(H,16,18,19). The zero-order chi connectivity index (χ0) is 16.3. The minimum atomic E-state index is -1.01. The number of rotatable bonds is 6. The zero-order valence-electron chi connectivity index (χ0n) is 12.5. The molecule has 0 saturated heterocycles. The Morgan fingerprint density at radius 2 is 1.90 bits per heavy atom. The van der Waals surface area contributed by atoms with E-state index in [2.05, 4.69) is 31.5 Å². The van der Waals surface area contributed by atoms with Crippen LogP contribution in [0.1, 0.15) is 27.7 Å². The molecular formula is C14H20BrN3O3. The van der Waals surface area contributed by atoms with Gasteiger partial charge in [-0.1, -0.05) is 0 Å². The van der Waals surface area contributed by atoms with Crippen LogP contribution in [0.25, 0.3) is 0 Å². The maximum Gasteiger partial charge on any atom is 0.310 e. The maximum atomic E-state index is 11.9. The number of carbonyl (C=O) groups excluding carboxylic acids is 1. The summed E-state index contributed by atoms with van der Waals surface area (Å²) in [5, 5.41) is 14.9. The second kappa shape index (κ2) is 6.53. The maximum absolute atomic E-state index is 11.9. The van der Waals surface area contributed by atoms with Gasteiger partial charge in [-0.05, 0) is 55.8 Å². The van der Waals surface area contributed by atoms with Gasteiger partial charge in [-0.3, -0.25) is 9.59 Å². The molecular weight excluding hydrogens is 338 g/mol. The van der Waals surface area contributed by atoms with Gasteiger partial charge in [0.05, 0.1) is 12.0 Å². The van der Waals surface area contributed by atoms with E-state index in [-0.39, 0.29) is 12.5 Å². The van der Waals surface area contributed by atoms with Crippen molar-refractivity contribution in [3.8, 4) is 0 Å². The molecule has 0 aliphatic rings. The number of nitrogens with zero attached hydrogens (tertiary/aromatic N) is 1. The second-order valence-corrected chi connectivity index (χ2v) is 6.73. The molecule has 0 saturated carbocycles. The van der Waals surface area contributed by atoms with Gasteiger partial charge in [0.25, 0.3) is 0 Å². The Kier molecular flexibility index (Phi) is 5.47. The molecule has 1 aromatic rings. The van der Waals surface area contributed by atoms with E-state index in [9.17, 15) is 14.7 Å². The summed E-state index contributed by atoms with van der Waals surface area (Å²) in [4.78, 5) is 27.2. The number of amides is 1. The summed E-state index contributed by atoms with van der Waals surface area (Å²) in [7, 11) is 0. The highest BCUT2D eigenvalue weighted by Crippen LogP contribution is 2.30. The van der Waals surface area contributed by atoms with E-state index in [0.717, 1.165) is 4.47 Å². The fourth-order valence-corrected chi connectivity index (χ4v) is 1.66. The number of carboxylic acid groups (broad SMARTS) is 1. The molecule has 1 amide bonds. The summed E-state index contributed by atoms with van der Waals surface area (Å²) in [5.74, 6) is -0.755. The number of aliphatic carboxylic acids is 1. The van der Waals surface area contributed by atoms with E-state index in [1.165, 1.54) is 0 Å². The topological polar surface area (TPSA) is 91.3 Å². The average Bonchev–Trinajstić information content (AvgIpc) is 2.39. The van der Waals surface area contributed by atoms with Crippen LogP contribution in [-0.4, -0.2) is 34.1 Å². The fourth-order valence-electron chi connectivity index (χ4n) is 1.43. The lowest BCUT2D eigenvalue weighted by Crippen LogP contribution is -2.56. The molecule has 0 fully saturated rings. The number of anilines is 1. The van der Waals surface area contributed by atoms with E-state index in [1.54, 1.807) is 46.0 Å². The Bertz CT molecular complexity index is 527. The number of hydrogen-bond acceptors (Lipinski definition) is 4. The Hall–Kier alpha value is -1.47. The normalized spacial score (nSPS) is 12.0. The third-order valence-electron chi connectivity index (χ3n) is 3.78. The van der Waals surface area contributed by atoms with Crippen LogP contribution in [0.2, 0.25) is 0 Å². The number of aromatic nitrogens is 1. The first-order chi connectivity index (χ1) is 9.56. The van der Waals surface area contributed by atoms with Gasteiger partial charge in [-0.2, -0.15) is 0 Å². The van der Waals surface area contributed by atoms with E-state index >= 15 is 0 Å². The van der Waals surface area contributed by atoms with E-state index in [4.69, 9.17) is 0 Å². The molecule has 0 unspecified atom stereocenters. The van der Waals surface area contributed by atoms with Crippen LogP contribution in [0.5, 0.6) is 0 Å². The molecule has 0 bridgehead atoms. The summed E-state index contributed by atoms with van der Waals surface area (Å²) in [6, 6.07) is 3.45. The lowest BCUT2D eigenvalue weighted by Gasteiger charge is -2.38. The third kappa shape index (κ3) is 4.50. The number of carboxylic acids is 1. The van der Waals surface area contributed by atoms with Crippen molar-refractivity contribution < 1.29 is 14.7 Å². The summed E-state index contributed by atoms with van der Waals surface area (Å²) >= 11 is 3.26. The molecule has 0 spiro atoms. The molecule has 1 aromatic heterocycles. The molecule has 0 aliphatic carbocycles. The highest BCUT2D eigenvalue weighted by atomic mass is 79.9. The van der Waals surface area contributed by atoms with Crippen molar-refractivity contribution in [2.24, 2.45) is 5.41 Å². The molecule has 0 aromatic carbocycles. The summed E-state index contributed by atoms with van der Waals surface area (Å²) in [5.41, 5.74) is -1.76. The van der Waals surface area contributed by atoms with Gasteiger partial charge in [0.2, 0.25) is 5.91 Å². The molecule has 0 radical (unpaired) electrons. The Morgan fingerprint density at radius 1 is 1.29 bits per heavy atom. The van der Waals surface area contributed by atoms with E-state index in [0.29, 0.717) is 5.82 Å². The molecule has 21 heavy (non-hydrogen) atoms. The van der Waals surface area contributed by atoms with Gasteiger partial charge in [0, 0.05) is 16.2 Å². The minimum Gasteiger partial charge on any atom is -0.481 e. The lowest BCUT2D eigenvalue weighted by molar-refractivity contribution is -0.151. The molecule has 0 aliphatic heterocycles. The quantitative estimate of drug-likeness (QED) is 0.726. The van der Waals surface area contributed by atoms with Gasteiger partial charge < -0.3 is 15.7 Å². The highest BCUT2D eigenvalue weighted by Gasteiger charge is 2.43. The second-order valence-electron chi connectivity index (χ2n) is 5.82. The van der Waals surface area contributed by atoms with Gasteiger partial charge in [0.15, 0.2) is 0 Å². The molecule has 116 valence electrons. The van der Waals surface area contributed by atoms with Crippen LogP contribution in [0, 0.1) is 5.41 Å². The summed E-state index contributed by atoms with van der Waals surface area (Å²) < 4.78 is 0.822. The molecule has 3 N–H and O–H groups in total. The number of hydrogen-bond donors (Lipinski definition) is 3. The number of nitrogens with one attached hydrogen (secondary N) is 2. The van der Waals surface area contributed by atoms with Crippen molar-refractivity contribution in [3.05, 3.63) is 22.8 Å². The van der Waals surface area contributed by atoms with Crippen LogP contribution in [0.3, 0.4) is 0 Å². The summed E-state index contributed by atoms with van der Waals surface area (Å²) in [6.07, 6.45) is 1.58. The van der Waals surface area contributed by atoms with E-state index < -0.39 is 16.9 Å². The van der Waals surface area contributed by atoms with Crippen molar-refractivity contribution in [2.45, 2.75) is 33.2 Å². The van der Waals surface area contributed by atoms with E-state index in [1.807, 2.05) is 0 Å². The zero-order valence-corrected chi connectivity index (χ0v) is 14.1. The smallest absolute Gasteiger partial charge is 0.310 e. The predicted molar refractivity (Wildman–Crippen MR) is 84.1 cm³/mol. The van der Waals surface area contributed by atoms with Crippen LogP contribution >= 0.6 is 15.9 Å². The van der Waals surface area contributed by atoms with Crippen LogP contribution in [0.4, 0.5) is 5.82 Å². The molecule has 0 atom stereocenters. The van der Waals surface area contributed by atoms with Gasteiger partial charge in [-0.25, -0.2) is 4.98 Å². The van der Waals surface area contributed by atoms with Crippen molar-refractivity contribution in [1.82, 2.24) is 10.3 Å². The predicted octanol–water partition coefficient (Wildman–Crippen LogP) is 2.26. The number of pyridine rings is 1. The van der Waals surface area contributed by atoms with Crippen molar-refractivity contribution in [2.75, 3.05) is 11.9 Å². The van der Waals surface area contributed by atoms with Crippen molar-refractivity contribution in [3.63, 3.8) is 0 Å². The molecule has 1 heterocycles. The lowest BCUT2D eigenvalue weighted by atomic mass is 9.74. The monoisotopic (exact) mass is 357 g/mol. The van der Waals surface area contributed by atoms with Crippen molar-refractivity contribution >= 4 is 33.6 Å². The number of carbonyl (C=O) groups is 2. The first-order valence-electron chi connectivity index (χ1n) is 6.46. The third-order valence-corrected chi connectivity index (χ3v) is 4.25. The Balaban J connectivity index is 2.60. The number of halogens is 1. The SMILES string of the molecule is CC(C)(NCC(=O)Nc1ccc(Br)cn1)C(C)(C)C(=O)O. The van der Waals surface area contributed by atoms with Gasteiger partial charge >= 0.3 is 5.97 Å². The van der Waals surface area contributed by atoms with Crippen LogP contribution in [-0.2, 0) is 9.59 Å². The highest BCUT2D eigenvalue weighted by molar-refractivity contribution is 9.10. The average molecular weight is 358 g/mol. The molecule has 7 heteroatoms. The first-order valence-corrected chi connectivity index (χ1v) is 7.25. The fraction of sp³-hybridized carbons (Fsp3) is 0.500. The van der Waals surface area contributed by atoms with Crippen LogP contribution < -0.4 is 10.6 Å². The Morgan fingerprint density at radius 3 is 2.38 bits per heavy atom. The van der Waals surface area contributed by atoms with Crippen molar-refractivity contribution in [1.29, 1.82) is 0 Å². The van der Waals surface area contributed by atoms with Crippen LogP contribution in [0.15, 0.2) is 22.8 Å². The molecule has 1 rings (SSSR count). The Labute approximate surface area is 132 Å². The minimum absolute atomic E-state index is 0.00144. The van der Waals surface area contributed by atoms with Gasteiger partial charge in [-0.15, -0.1) is 0 Å². The summed E-state index contributed by atoms with van der Waals surface area (Å²) in [6.45, 7) is 6.76. The largest absolute Gasteiger partial charge is 0.481 e. The first kappa shape index (κ1) is 17.6. The van der Waals surface area contributed by atoms with Gasteiger partial charge in [0.1, 0.15) is 5.82 Å². The molecule has 6 nitrogen and oxygen atoms in total.